The van der Waals surface area contributed by atoms with Crippen molar-refractivity contribution in [1.29, 1.82) is 0 Å². The molecule has 1 aliphatic carbocycles. The minimum atomic E-state index is -2.40. The van der Waals surface area contributed by atoms with Crippen LogP contribution in [0.2, 0.25) is 0 Å². The number of halogens is 10. The SMILES string of the molecule is Fc1c(F)c(F)c(C2=CC=C(c3c(F)c(F)c(F)c(F)c3F)C2)c(F)c1F. The summed E-state index contributed by atoms with van der Waals surface area (Å²) in [4.78, 5) is 0. The van der Waals surface area contributed by atoms with Gasteiger partial charge in [0, 0.05) is 0 Å². The Morgan fingerprint density at radius 3 is 0.852 bits per heavy atom. The predicted octanol–water partition coefficient (Wildman–Crippen LogP) is 5.95. The first kappa shape index (κ1) is 19.0. The molecule has 0 unspecified atom stereocenters. The van der Waals surface area contributed by atoms with Crippen molar-refractivity contribution < 1.29 is 43.9 Å². The molecule has 0 saturated carbocycles. The third kappa shape index (κ3) is 2.70. The zero-order valence-corrected chi connectivity index (χ0v) is 12.6. The van der Waals surface area contributed by atoms with Crippen molar-refractivity contribution in [3.8, 4) is 0 Å². The minimum Gasteiger partial charge on any atom is -0.203 e. The van der Waals surface area contributed by atoms with Crippen LogP contribution < -0.4 is 0 Å². The monoisotopic (exact) mass is 398 g/mol. The van der Waals surface area contributed by atoms with Crippen molar-refractivity contribution in [2.75, 3.05) is 0 Å². The molecule has 2 aromatic carbocycles. The van der Waals surface area contributed by atoms with E-state index in [-0.39, 0.29) is 0 Å². The Hall–Kier alpha value is -2.78. The molecule has 3 rings (SSSR count). The van der Waals surface area contributed by atoms with Gasteiger partial charge in [0.05, 0.1) is 11.1 Å². The highest BCUT2D eigenvalue weighted by Crippen LogP contribution is 2.40. The normalized spacial score (nSPS) is 13.9. The number of rotatable bonds is 2. The number of allylic oxidation sites excluding steroid dienone is 4. The molecule has 0 atom stereocenters. The van der Waals surface area contributed by atoms with Gasteiger partial charge in [-0.05, 0) is 17.6 Å². The van der Waals surface area contributed by atoms with Crippen LogP contribution in [0.25, 0.3) is 11.1 Å². The van der Waals surface area contributed by atoms with Gasteiger partial charge in [0.25, 0.3) is 0 Å². The van der Waals surface area contributed by atoms with E-state index >= 15 is 0 Å². The molecule has 0 N–H and O–H groups in total. The molecule has 0 spiro atoms. The van der Waals surface area contributed by atoms with Crippen molar-refractivity contribution in [1.82, 2.24) is 0 Å². The molecule has 0 radical (unpaired) electrons. The van der Waals surface area contributed by atoms with Gasteiger partial charge in [-0.1, -0.05) is 12.2 Å². The largest absolute Gasteiger partial charge is 0.203 e. The molecular weight excluding hydrogens is 394 g/mol. The van der Waals surface area contributed by atoms with Crippen molar-refractivity contribution in [2.24, 2.45) is 0 Å². The molecular formula is C17H4F10. The number of hydrogen-bond donors (Lipinski definition) is 0. The van der Waals surface area contributed by atoms with E-state index in [1.807, 2.05) is 0 Å². The average Bonchev–Trinajstić information content (AvgIpc) is 3.11. The van der Waals surface area contributed by atoms with Crippen LogP contribution in [0, 0.1) is 58.2 Å². The molecule has 142 valence electrons. The molecule has 2 aromatic rings. The van der Waals surface area contributed by atoms with Crippen LogP contribution in [0.3, 0.4) is 0 Å². The fourth-order valence-corrected chi connectivity index (χ4v) is 2.64. The minimum absolute atomic E-state index is 0.596. The molecule has 0 nitrogen and oxygen atoms in total. The third-order valence-electron chi connectivity index (χ3n) is 3.93. The van der Waals surface area contributed by atoms with E-state index in [1.165, 1.54) is 0 Å². The number of hydrogen-bond acceptors (Lipinski definition) is 0. The Morgan fingerprint density at radius 2 is 0.593 bits per heavy atom. The van der Waals surface area contributed by atoms with E-state index in [0.29, 0.717) is 0 Å². The maximum Gasteiger partial charge on any atom is 0.200 e. The van der Waals surface area contributed by atoms with Crippen molar-refractivity contribution >= 4 is 11.1 Å². The summed E-state index contributed by atoms with van der Waals surface area (Å²) in [6.07, 6.45) is 0.675. The average molecular weight is 398 g/mol. The summed E-state index contributed by atoms with van der Waals surface area (Å²) >= 11 is 0. The van der Waals surface area contributed by atoms with E-state index in [1.54, 1.807) is 0 Å². The maximum atomic E-state index is 13.8. The van der Waals surface area contributed by atoms with Crippen molar-refractivity contribution in [3.63, 3.8) is 0 Å². The first-order valence-electron chi connectivity index (χ1n) is 7.01. The quantitative estimate of drug-likeness (QED) is 0.333. The van der Waals surface area contributed by atoms with Crippen LogP contribution in [-0.2, 0) is 0 Å². The molecule has 1 aliphatic rings. The van der Waals surface area contributed by atoms with Gasteiger partial charge in [-0.2, -0.15) is 0 Å². The van der Waals surface area contributed by atoms with Gasteiger partial charge in [0.15, 0.2) is 46.5 Å². The molecule has 0 aliphatic heterocycles. The van der Waals surface area contributed by atoms with Gasteiger partial charge in [0.2, 0.25) is 11.6 Å². The Labute approximate surface area is 144 Å². The van der Waals surface area contributed by atoms with Crippen LogP contribution in [0.1, 0.15) is 17.5 Å². The topological polar surface area (TPSA) is 0 Å². The summed E-state index contributed by atoms with van der Waals surface area (Å²) in [5.74, 6) is -22.5. The molecule has 0 bridgehead atoms. The molecule has 0 heterocycles. The van der Waals surface area contributed by atoms with Crippen LogP contribution in [0.5, 0.6) is 0 Å². The summed E-state index contributed by atoms with van der Waals surface area (Å²) in [5, 5.41) is 0. The van der Waals surface area contributed by atoms with Crippen LogP contribution in [0.15, 0.2) is 12.2 Å². The van der Waals surface area contributed by atoms with Crippen LogP contribution in [-0.4, -0.2) is 0 Å². The van der Waals surface area contributed by atoms with Gasteiger partial charge in [-0.25, -0.2) is 43.9 Å². The van der Waals surface area contributed by atoms with Gasteiger partial charge in [-0.3, -0.25) is 0 Å². The molecule has 10 heteroatoms. The lowest BCUT2D eigenvalue weighted by atomic mass is 9.96. The second kappa shape index (κ2) is 6.43. The van der Waals surface area contributed by atoms with Gasteiger partial charge in [-0.15, -0.1) is 0 Å². The summed E-state index contributed by atoms with van der Waals surface area (Å²) in [7, 11) is 0. The van der Waals surface area contributed by atoms with Gasteiger partial charge in [0.1, 0.15) is 0 Å². The summed E-state index contributed by atoms with van der Waals surface area (Å²) in [6.45, 7) is 0. The molecule has 0 aromatic heterocycles. The maximum absolute atomic E-state index is 13.8. The van der Waals surface area contributed by atoms with E-state index in [2.05, 4.69) is 0 Å². The lowest BCUT2D eigenvalue weighted by Crippen LogP contribution is -2.08. The van der Waals surface area contributed by atoms with Gasteiger partial charge >= 0.3 is 0 Å². The van der Waals surface area contributed by atoms with Crippen LogP contribution in [0.4, 0.5) is 43.9 Å². The molecule has 27 heavy (non-hydrogen) atoms. The Bertz CT molecular complexity index is 907. The zero-order chi connectivity index (χ0) is 20.2. The molecule has 0 saturated heterocycles. The highest BCUT2D eigenvalue weighted by molar-refractivity contribution is 5.87. The Morgan fingerprint density at radius 1 is 0.370 bits per heavy atom. The van der Waals surface area contributed by atoms with E-state index < -0.39 is 86.9 Å². The van der Waals surface area contributed by atoms with E-state index in [4.69, 9.17) is 0 Å². The van der Waals surface area contributed by atoms with E-state index in [0.717, 1.165) is 12.2 Å². The Balaban J connectivity index is 2.08. The summed E-state index contributed by atoms with van der Waals surface area (Å²) in [5.41, 5.74) is -3.91. The predicted molar refractivity (Wildman–Crippen MR) is 73.0 cm³/mol. The molecule has 0 amide bonds. The first-order valence-corrected chi connectivity index (χ1v) is 7.01. The number of benzene rings is 2. The third-order valence-corrected chi connectivity index (χ3v) is 3.93. The Kier molecular flexibility index (Phi) is 4.52. The fraction of sp³-hybridized carbons (Fsp3) is 0.0588. The molecule has 0 fully saturated rings. The lowest BCUT2D eigenvalue weighted by molar-refractivity contribution is 0.375. The van der Waals surface area contributed by atoms with E-state index in [9.17, 15) is 43.9 Å². The van der Waals surface area contributed by atoms with Crippen molar-refractivity contribution in [2.45, 2.75) is 6.42 Å². The lowest BCUT2D eigenvalue weighted by Gasteiger charge is -2.12. The zero-order valence-electron chi connectivity index (χ0n) is 12.6. The van der Waals surface area contributed by atoms with Gasteiger partial charge < -0.3 is 0 Å². The fourth-order valence-electron chi connectivity index (χ4n) is 2.64. The second-order valence-electron chi connectivity index (χ2n) is 5.45. The highest BCUT2D eigenvalue weighted by Gasteiger charge is 2.32. The highest BCUT2D eigenvalue weighted by atomic mass is 19.2. The van der Waals surface area contributed by atoms with Crippen LogP contribution >= 0.6 is 0 Å². The summed E-state index contributed by atoms with van der Waals surface area (Å²) in [6, 6.07) is 0. The second-order valence-corrected chi connectivity index (χ2v) is 5.45. The summed E-state index contributed by atoms with van der Waals surface area (Å²) < 4.78 is 135. The standard InChI is InChI=1S/C17H4F10/c18-8-6(9(19)13(23)16(26)12(8)22)4-1-2-5(3-4)7-10(20)14(24)17(27)15(25)11(7)21/h1-2H,3H2. The smallest absolute Gasteiger partial charge is 0.200 e. The van der Waals surface area contributed by atoms with Crippen molar-refractivity contribution in [3.05, 3.63) is 81.5 Å². The first-order chi connectivity index (χ1) is 12.6.